The van der Waals surface area contributed by atoms with Gasteiger partial charge in [-0.05, 0) is 36.6 Å². The fourth-order valence-corrected chi connectivity index (χ4v) is 4.21. The van der Waals surface area contributed by atoms with Crippen molar-refractivity contribution in [2.45, 2.75) is 25.4 Å². The molecule has 0 radical (unpaired) electrons. The molecule has 5 heteroatoms. The predicted octanol–water partition coefficient (Wildman–Crippen LogP) is 4.33. The zero-order valence-corrected chi connectivity index (χ0v) is 15.8. The first-order valence-corrected chi connectivity index (χ1v) is 9.87. The van der Waals surface area contributed by atoms with Crippen LogP contribution in [-0.2, 0) is 6.54 Å². The highest BCUT2D eigenvalue weighted by molar-refractivity contribution is 5.92. The molecule has 0 bridgehead atoms. The zero-order chi connectivity index (χ0) is 18.8. The largest absolute Gasteiger partial charge is 0.328 e. The molecule has 0 amide bonds. The molecule has 140 valence electrons. The van der Waals surface area contributed by atoms with Crippen LogP contribution < -0.4 is 0 Å². The van der Waals surface area contributed by atoms with E-state index in [1.165, 1.54) is 5.56 Å². The smallest absolute Gasteiger partial charge is 0.140 e. The summed E-state index contributed by atoms with van der Waals surface area (Å²) in [4.78, 5) is 16.0. The summed E-state index contributed by atoms with van der Waals surface area (Å²) in [6.45, 7) is 3.16. The maximum atomic E-state index is 4.71. The number of rotatable bonds is 4. The monoisotopic (exact) mass is 369 g/mol. The van der Waals surface area contributed by atoms with Crippen molar-refractivity contribution < 1.29 is 0 Å². The van der Waals surface area contributed by atoms with Crippen LogP contribution in [0.15, 0.2) is 73.4 Å². The van der Waals surface area contributed by atoms with Gasteiger partial charge in [0.25, 0.3) is 0 Å². The van der Waals surface area contributed by atoms with Crippen molar-refractivity contribution in [3.63, 3.8) is 0 Å². The Labute approximate surface area is 164 Å². The fraction of sp³-hybridized carbons (Fsp3) is 0.261. The third kappa shape index (κ3) is 3.29. The molecule has 5 nitrogen and oxygen atoms in total. The molecular weight excluding hydrogens is 346 g/mol. The van der Waals surface area contributed by atoms with Crippen molar-refractivity contribution >= 4 is 10.9 Å². The quantitative estimate of drug-likeness (QED) is 0.537. The second-order valence-corrected chi connectivity index (χ2v) is 7.40. The van der Waals surface area contributed by atoms with Crippen LogP contribution in [0.4, 0.5) is 0 Å². The number of para-hydroxylation sites is 1. The molecule has 0 atom stereocenters. The minimum absolute atomic E-state index is 0.481. The summed E-state index contributed by atoms with van der Waals surface area (Å²) in [5.74, 6) is 1.05. The summed E-state index contributed by atoms with van der Waals surface area (Å²) in [6.07, 6.45) is 12.0. The van der Waals surface area contributed by atoms with Gasteiger partial charge in [-0.1, -0.05) is 24.3 Å². The van der Waals surface area contributed by atoms with Crippen molar-refractivity contribution in [3.05, 3.63) is 79.0 Å². The van der Waals surface area contributed by atoms with Gasteiger partial charge in [0.15, 0.2) is 0 Å². The Bertz CT molecular complexity index is 1060. The van der Waals surface area contributed by atoms with Crippen LogP contribution >= 0.6 is 0 Å². The third-order valence-electron chi connectivity index (χ3n) is 5.64. The fourth-order valence-electron chi connectivity index (χ4n) is 4.21. The van der Waals surface area contributed by atoms with Gasteiger partial charge in [-0.3, -0.25) is 14.9 Å². The van der Waals surface area contributed by atoms with E-state index >= 15 is 0 Å². The lowest BCUT2D eigenvalue weighted by Crippen LogP contribution is -2.34. The van der Waals surface area contributed by atoms with Crippen LogP contribution in [0.5, 0.6) is 0 Å². The molecule has 1 aliphatic heterocycles. The number of fused-ring (bicyclic) bond motifs is 1. The summed E-state index contributed by atoms with van der Waals surface area (Å²) >= 11 is 0. The van der Waals surface area contributed by atoms with Crippen LogP contribution in [0.2, 0.25) is 0 Å². The van der Waals surface area contributed by atoms with Gasteiger partial charge in [0.2, 0.25) is 0 Å². The van der Waals surface area contributed by atoms with E-state index in [0.29, 0.717) is 6.04 Å². The molecule has 4 heterocycles. The van der Waals surface area contributed by atoms with Gasteiger partial charge < -0.3 is 4.57 Å². The standard InChI is InChI=1S/C23H23N5/c1-2-6-22-20(5-1)21(7-11-25-22)23-26-12-15-28(23)19-8-13-27(14-9-19)17-18-4-3-10-24-16-18/h1-7,10-12,15-16,19H,8-9,13-14,17H2. The van der Waals surface area contributed by atoms with Gasteiger partial charge in [0, 0.05) is 67.6 Å². The Morgan fingerprint density at radius 2 is 1.79 bits per heavy atom. The van der Waals surface area contributed by atoms with Crippen molar-refractivity contribution in [1.29, 1.82) is 0 Å². The predicted molar refractivity (Wildman–Crippen MR) is 111 cm³/mol. The summed E-state index contributed by atoms with van der Waals surface area (Å²) in [6, 6.07) is 15.0. The van der Waals surface area contributed by atoms with Gasteiger partial charge in [0.05, 0.1) is 5.52 Å². The van der Waals surface area contributed by atoms with E-state index in [2.05, 4.69) is 56.0 Å². The van der Waals surface area contributed by atoms with Crippen molar-refractivity contribution in [2.75, 3.05) is 13.1 Å². The lowest BCUT2D eigenvalue weighted by molar-refractivity contribution is 0.180. The van der Waals surface area contributed by atoms with Crippen LogP contribution in [-0.4, -0.2) is 37.5 Å². The maximum Gasteiger partial charge on any atom is 0.140 e. The van der Waals surface area contributed by atoms with Crippen LogP contribution in [0, 0.1) is 0 Å². The number of imidazole rings is 1. The molecule has 1 fully saturated rings. The van der Waals surface area contributed by atoms with Crippen LogP contribution in [0.25, 0.3) is 22.3 Å². The molecule has 0 N–H and O–H groups in total. The Kier molecular flexibility index (Phi) is 4.59. The molecular formula is C23H23N5. The molecule has 5 rings (SSSR count). The highest BCUT2D eigenvalue weighted by Crippen LogP contribution is 2.31. The molecule has 1 aromatic carbocycles. The van der Waals surface area contributed by atoms with Gasteiger partial charge in [-0.2, -0.15) is 0 Å². The highest BCUT2D eigenvalue weighted by Gasteiger charge is 2.23. The van der Waals surface area contributed by atoms with E-state index in [9.17, 15) is 0 Å². The first-order chi connectivity index (χ1) is 13.9. The summed E-state index contributed by atoms with van der Waals surface area (Å²) in [5, 5.41) is 1.16. The van der Waals surface area contributed by atoms with Crippen molar-refractivity contribution in [3.8, 4) is 11.4 Å². The first-order valence-electron chi connectivity index (χ1n) is 9.87. The maximum absolute atomic E-state index is 4.71. The van der Waals surface area contributed by atoms with Crippen molar-refractivity contribution in [1.82, 2.24) is 24.4 Å². The average molecular weight is 369 g/mol. The topological polar surface area (TPSA) is 46.8 Å². The average Bonchev–Trinajstić information content (AvgIpc) is 3.24. The molecule has 28 heavy (non-hydrogen) atoms. The number of aromatic nitrogens is 4. The molecule has 0 unspecified atom stereocenters. The van der Waals surface area contributed by atoms with E-state index in [1.807, 2.05) is 36.9 Å². The lowest BCUT2D eigenvalue weighted by Gasteiger charge is -2.33. The number of piperidine rings is 1. The summed E-state index contributed by atoms with van der Waals surface area (Å²) in [7, 11) is 0. The number of hydrogen-bond donors (Lipinski definition) is 0. The third-order valence-corrected chi connectivity index (χ3v) is 5.64. The van der Waals surface area contributed by atoms with Gasteiger partial charge >= 0.3 is 0 Å². The number of likely N-dealkylation sites (tertiary alicyclic amines) is 1. The normalized spacial score (nSPS) is 15.9. The lowest BCUT2D eigenvalue weighted by atomic mass is 10.0. The minimum Gasteiger partial charge on any atom is -0.328 e. The Morgan fingerprint density at radius 1 is 0.893 bits per heavy atom. The SMILES string of the molecule is c1cncc(CN2CCC(n3ccnc3-c3ccnc4ccccc34)CC2)c1. The van der Waals surface area contributed by atoms with Gasteiger partial charge in [-0.15, -0.1) is 0 Å². The number of hydrogen-bond acceptors (Lipinski definition) is 4. The Morgan fingerprint density at radius 3 is 2.64 bits per heavy atom. The number of nitrogens with zero attached hydrogens (tertiary/aromatic N) is 5. The zero-order valence-electron chi connectivity index (χ0n) is 15.8. The first kappa shape index (κ1) is 17.1. The highest BCUT2D eigenvalue weighted by atomic mass is 15.2. The van der Waals surface area contributed by atoms with E-state index in [4.69, 9.17) is 4.98 Å². The molecule has 1 saturated heterocycles. The van der Waals surface area contributed by atoms with E-state index in [0.717, 1.165) is 54.8 Å². The number of pyridine rings is 2. The van der Waals surface area contributed by atoms with E-state index < -0.39 is 0 Å². The molecule has 1 aliphatic rings. The van der Waals surface area contributed by atoms with E-state index in [-0.39, 0.29) is 0 Å². The van der Waals surface area contributed by atoms with Gasteiger partial charge in [0.1, 0.15) is 5.82 Å². The van der Waals surface area contributed by atoms with Crippen LogP contribution in [0.1, 0.15) is 24.4 Å². The molecule has 3 aromatic heterocycles. The molecule has 0 aliphatic carbocycles. The minimum atomic E-state index is 0.481. The second kappa shape index (κ2) is 7.52. The molecule has 4 aromatic rings. The second-order valence-electron chi connectivity index (χ2n) is 7.40. The van der Waals surface area contributed by atoms with Crippen molar-refractivity contribution in [2.24, 2.45) is 0 Å². The number of benzene rings is 1. The Balaban J connectivity index is 1.36. The van der Waals surface area contributed by atoms with Gasteiger partial charge in [-0.25, -0.2) is 4.98 Å². The van der Waals surface area contributed by atoms with E-state index in [1.54, 1.807) is 0 Å². The molecule has 0 saturated carbocycles. The summed E-state index contributed by atoms with van der Waals surface area (Å²) < 4.78 is 2.36. The summed E-state index contributed by atoms with van der Waals surface area (Å²) in [5.41, 5.74) is 3.46. The Hall–Kier alpha value is -3.05. The molecule has 0 spiro atoms. The van der Waals surface area contributed by atoms with Crippen LogP contribution in [0.3, 0.4) is 0 Å².